The summed E-state index contributed by atoms with van der Waals surface area (Å²) in [6.45, 7) is 8.37. The number of aryl methyl sites for hydroxylation is 2. The molecule has 5 nitrogen and oxygen atoms in total. The van der Waals surface area contributed by atoms with E-state index < -0.39 is 0 Å². The largest absolute Gasteiger partial charge is 0.324 e. The fourth-order valence-corrected chi connectivity index (χ4v) is 2.64. The second-order valence-corrected chi connectivity index (χ2v) is 6.92. The average molecular weight is 360 g/mol. The quantitative estimate of drug-likeness (QED) is 0.655. The molecule has 0 saturated carbocycles. The molecule has 2 N–H and O–H groups in total. The van der Waals surface area contributed by atoms with Crippen molar-refractivity contribution >= 4 is 23.2 Å². The molecular formula is C22H24N4O. The summed E-state index contributed by atoms with van der Waals surface area (Å²) in [6, 6.07) is 15.5. The Labute approximate surface area is 159 Å². The Balaban J connectivity index is 1.72. The number of carbonyl (C=O) groups excluding carboxylic acids is 1. The third kappa shape index (κ3) is 4.70. The molecular weight excluding hydrogens is 336 g/mol. The Morgan fingerprint density at radius 3 is 2.30 bits per heavy atom. The van der Waals surface area contributed by atoms with E-state index in [4.69, 9.17) is 0 Å². The molecule has 1 aromatic heterocycles. The lowest BCUT2D eigenvalue weighted by Crippen LogP contribution is -2.15. The maximum absolute atomic E-state index is 12.5. The second-order valence-electron chi connectivity index (χ2n) is 6.92. The molecule has 27 heavy (non-hydrogen) atoms. The van der Waals surface area contributed by atoms with Crippen molar-refractivity contribution in [2.45, 2.75) is 33.6 Å². The third-order valence-corrected chi connectivity index (χ3v) is 4.49. The average Bonchev–Trinajstić information content (AvgIpc) is 2.65. The zero-order valence-corrected chi connectivity index (χ0v) is 16.1. The summed E-state index contributed by atoms with van der Waals surface area (Å²) in [7, 11) is 0. The van der Waals surface area contributed by atoms with Crippen molar-refractivity contribution in [3.05, 3.63) is 77.1 Å². The van der Waals surface area contributed by atoms with Gasteiger partial charge in [0.2, 0.25) is 5.95 Å². The fourth-order valence-electron chi connectivity index (χ4n) is 2.64. The summed E-state index contributed by atoms with van der Waals surface area (Å²) in [4.78, 5) is 21.0. The van der Waals surface area contributed by atoms with Crippen LogP contribution in [-0.4, -0.2) is 15.9 Å². The van der Waals surface area contributed by atoms with Crippen LogP contribution in [0.3, 0.4) is 0 Å². The molecule has 0 aliphatic heterocycles. The third-order valence-electron chi connectivity index (χ3n) is 4.49. The van der Waals surface area contributed by atoms with Crippen molar-refractivity contribution in [1.82, 2.24) is 9.97 Å². The minimum Gasteiger partial charge on any atom is -0.324 e. The molecule has 0 aliphatic rings. The highest BCUT2D eigenvalue weighted by atomic mass is 16.1. The first-order valence-electron chi connectivity index (χ1n) is 9.01. The van der Waals surface area contributed by atoms with Crippen molar-refractivity contribution in [2.75, 3.05) is 10.6 Å². The lowest BCUT2D eigenvalue weighted by Gasteiger charge is -2.10. The van der Waals surface area contributed by atoms with Gasteiger partial charge in [-0.05, 0) is 66.8 Å². The predicted octanol–water partition coefficient (Wildman–Crippen LogP) is 5.21. The van der Waals surface area contributed by atoms with E-state index in [0.717, 1.165) is 16.9 Å². The molecule has 3 rings (SSSR count). The molecule has 0 unspecified atom stereocenters. The van der Waals surface area contributed by atoms with Crippen LogP contribution in [0.15, 0.2) is 54.7 Å². The van der Waals surface area contributed by atoms with E-state index in [9.17, 15) is 4.79 Å². The number of hydrogen-bond donors (Lipinski definition) is 2. The van der Waals surface area contributed by atoms with E-state index in [1.807, 2.05) is 44.2 Å². The highest BCUT2D eigenvalue weighted by molar-refractivity contribution is 6.03. The van der Waals surface area contributed by atoms with E-state index in [1.165, 1.54) is 11.1 Å². The van der Waals surface area contributed by atoms with Crippen molar-refractivity contribution in [1.29, 1.82) is 0 Å². The Bertz CT molecular complexity index is 949. The molecule has 5 heteroatoms. The molecule has 0 atom stereocenters. The Kier molecular flexibility index (Phi) is 5.50. The monoisotopic (exact) mass is 360 g/mol. The number of rotatable bonds is 5. The van der Waals surface area contributed by atoms with Crippen LogP contribution in [0.2, 0.25) is 0 Å². The number of carbonyl (C=O) groups is 1. The SMILES string of the molecule is Cc1ccc(NC(=O)c2ccnc(Nc3ccc(C(C)C)cc3)n2)cc1C. The molecule has 0 aliphatic carbocycles. The number of hydrogen-bond acceptors (Lipinski definition) is 4. The standard InChI is InChI=1S/C22H24N4O/c1-14(2)17-6-9-18(10-7-17)25-22-23-12-11-20(26-22)21(27)24-19-8-5-15(3)16(4)13-19/h5-14H,1-4H3,(H,24,27)(H,23,25,26). The van der Waals surface area contributed by atoms with Crippen LogP contribution >= 0.6 is 0 Å². The minimum absolute atomic E-state index is 0.265. The van der Waals surface area contributed by atoms with Gasteiger partial charge >= 0.3 is 0 Å². The number of nitrogens with zero attached hydrogens (tertiary/aromatic N) is 2. The first kappa shape index (κ1) is 18.6. The van der Waals surface area contributed by atoms with Gasteiger partial charge in [0, 0.05) is 17.6 Å². The highest BCUT2D eigenvalue weighted by Crippen LogP contribution is 2.19. The van der Waals surface area contributed by atoms with Gasteiger partial charge in [0.25, 0.3) is 5.91 Å². The minimum atomic E-state index is -0.265. The Hall–Kier alpha value is -3.21. The van der Waals surface area contributed by atoms with Crippen molar-refractivity contribution in [3.8, 4) is 0 Å². The summed E-state index contributed by atoms with van der Waals surface area (Å²) < 4.78 is 0. The van der Waals surface area contributed by atoms with E-state index in [2.05, 4.69) is 46.6 Å². The summed E-state index contributed by atoms with van der Waals surface area (Å²) >= 11 is 0. The molecule has 0 fully saturated rings. The zero-order chi connectivity index (χ0) is 19.4. The lowest BCUT2D eigenvalue weighted by atomic mass is 10.0. The van der Waals surface area contributed by atoms with E-state index >= 15 is 0 Å². The van der Waals surface area contributed by atoms with Crippen LogP contribution < -0.4 is 10.6 Å². The molecule has 0 spiro atoms. The summed E-state index contributed by atoms with van der Waals surface area (Å²) in [6.07, 6.45) is 1.58. The Morgan fingerprint density at radius 1 is 0.926 bits per heavy atom. The van der Waals surface area contributed by atoms with Gasteiger partial charge < -0.3 is 10.6 Å². The van der Waals surface area contributed by atoms with Gasteiger partial charge in [-0.1, -0.05) is 32.0 Å². The van der Waals surface area contributed by atoms with Gasteiger partial charge in [0.15, 0.2) is 0 Å². The molecule has 0 bridgehead atoms. The summed E-state index contributed by atoms with van der Waals surface area (Å²) in [5, 5.41) is 6.02. The number of benzene rings is 2. The molecule has 0 saturated heterocycles. The number of nitrogens with one attached hydrogen (secondary N) is 2. The van der Waals surface area contributed by atoms with Crippen LogP contribution in [0.1, 0.15) is 46.9 Å². The second kappa shape index (κ2) is 7.99. The molecule has 138 valence electrons. The van der Waals surface area contributed by atoms with Crippen molar-refractivity contribution < 1.29 is 4.79 Å². The maximum Gasteiger partial charge on any atom is 0.274 e. The normalized spacial score (nSPS) is 10.7. The molecule has 0 radical (unpaired) electrons. The highest BCUT2D eigenvalue weighted by Gasteiger charge is 2.10. The van der Waals surface area contributed by atoms with Gasteiger partial charge in [-0.3, -0.25) is 4.79 Å². The number of aromatic nitrogens is 2. The van der Waals surface area contributed by atoms with Crippen LogP contribution in [0.25, 0.3) is 0 Å². The molecule has 1 heterocycles. The van der Waals surface area contributed by atoms with Crippen molar-refractivity contribution in [3.63, 3.8) is 0 Å². The van der Waals surface area contributed by atoms with Crippen molar-refractivity contribution in [2.24, 2.45) is 0 Å². The van der Waals surface area contributed by atoms with Crippen LogP contribution in [0, 0.1) is 13.8 Å². The number of anilines is 3. The van der Waals surface area contributed by atoms with Crippen LogP contribution in [-0.2, 0) is 0 Å². The summed E-state index contributed by atoms with van der Waals surface area (Å²) in [5.41, 5.74) is 5.52. The Morgan fingerprint density at radius 2 is 1.63 bits per heavy atom. The van der Waals surface area contributed by atoms with E-state index in [0.29, 0.717) is 17.6 Å². The first-order chi connectivity index (χ1) is 12.9. The maximum atomic E-state index is 12.5. The van der Waals surface area contributed by atoms with Gasteiger partial charge in [0.05, 0.1) is 0 Å². The molecule has 2 aromatic carbocycles. The molecule has 1 amide bonds. The smallest absolute Gasteiger partial charge is 0.274 e. The predicted molar refractivity (Wildman–Crippen MR) is 110 cm³/mol. The van der Waals surface area contributed by atoms with E-state index in [1.54, 1.807) is 12.3 Å². The van der Waals surface area contributed by atoms with Gasteiger partial charge in [-0.2, -0.15) is 0 Å². The van der Waals surface area contributed by atoms with Crippen LogP contribution in [0.5, 0.6) is 0 Å². The van der Waals surface area contributed by atoms with Gasteiger partial charge in [0.1, 0.15) is 5.69 Å². The number of amides is 1. The van der Waals surface area contributed by atoms with Gasteiger partial charge in [-0.25, -0.2) is 9.97 Å². The van der Waals surface area contributed by atoms with Gasteiger partial charge in [-0.15, -0.1) is 0 Å². The van der Waals surface area contributed by atoms with E-state index in [-0.39, 0.29) is 5.91 Å². The first-order valence-corrected chi connectivity index (χ1v) is 9.01. The lowest BCUT2D eigenvalue weighted by molar-refractivity contribution is 0.102. The topological polar surface area (TPSA) is 66.9 Å². The molecule has 3 aromatic rings. The van der Waals surface area contributed by atoms with Crippen LogP contribution in [0.4, 0.5) is 17.3 Å². The zero-order valence-electron chi connectivity index (χ0n) is 16.1. The fraction of sp³-hybridized carbons (Fsp3) is 0.227. The summed E-state index contributed by atoms with van der Waals surface area (Å²) in [5.74, 6) is 0.603.